The van der Waals surface area contributed by atoms with E-state index in [1.807, 2.05) is 6.92 Å². The van der Waals surface area contributed by atoms with Gasteiger partial charge in [0.05, 0.1) is 5.75 Å². The fourth-order valence-corrected chi connectivity index (χ4v) is 2.36. The Hall–Kier alpha value is -1.07. The van der Waals surface area contributed by atoms with E-state index in [2.05, 4.69) is 0 Å². The molecule has 18 heavy (non-hydrogen) atoms. The first-order valence-electron chi connectivity index (χ1n) is 5.95. The maximum absolute atomic E-state index is 13.3. The number of aliphatic hydroxyl groups excluding tert-OH is 1. The highest BCUT2D eigenvalue weighted by Gasteiger charge is 2.12. The normalized spacial score (nSPS) is 10.4. The van der Waals surface area contributed by atoms with Gasteiger partial charge in [-0.2, -0.15) is 0 Å². The number of aliphatic hydroxyl groups is 1. The smallest absolute Gasteiger partial charge is 0.232 e. The summed E-state index contributed by atoms with van der Waals surface area (Å²) in [6, 6.07) is 6.42. The molecule has 1 aromatic rings. The predicted molar refractivity (Wildman–Crippen MR) is 71.1 cm³/mol. The van der Waals surface area contributed by atoms with Gasteiger partial charge in [-0.1, -0.05) is 12.1 Å². The van der Waals surface area contributed by atoms with Crippen molar-refractivity contribution in [2.24, 2.45) is 0 Å². The maximum atomic E-state index is 13.3. The Morgan fingerprint density at radius 1 is 1.44 bits per heavy atom. The second-order valence-electron chi connectivity index (χ2n) is 3.77. The van der Waals surface area contributed by atoms with Gasteiger partial charge in [0.2, 0.25) is 5.91 Å². The van der Waals surface area contributed by atoms with Gasteiger partial charge in [-0.15, -0.1) is 11.8 Å². The van der Waals surface area contributed by atoms with Gasteiger partial charge in [0.25, 0.3) is 0 Å². The Bertz CT molecular complexity index is 387. The number of hydrogen-bond donors (Lipinski definition) is 1. The van der Waals surface area contributed by atoms with Crippen LogP contribution in [0, 0.1) is 5.82 Å². The molecule has 0 atom stereocenters. The Kier molecular flexibility index (Phi) is 6.75. The highest BCUT2D eigenvalue weighted by Crippen LogP contribution is 2.21. The highest BCUT2D eigenvalue weighted by atomic mass is 32.2. The van der Waals surface area contributed by atoms with Crippen LogP contribution in [0.3, 0.4) is 0 Å². The largest absolute Gasteiger partial charge is 0.396 e. The third kappa shape index (κ3) is 4.66. The number of nitrogens with zero attached hydrogens (tertiary/aromatic N) is 1. The number of hydrogen-bond acceptors (Lipinski definition) is 3. The lowest BCUT2D eigenvalue weighted by atomic mass is 10.3. The molecule has 0 spiro atoms. The lowest BCUT2D eigenvalue weighted by molar-refractivity contribution is -0.128. The third-order valence-corrected chi connectivity index (χ3v) is 3.54. The summed E-state index contributed by atoms with van der Waals surface area (Å²) < 4.78 is 13.3. The average molecular weight is 271 g/mol. The minimum atomic E-state index is -0.297. The van der Waals surface area contributed by atoms with E-state index >= 15 is 0 Å². The first kappa shape index (κ1) is 15.0. The third-order valence-electron chi connectivity index (χ3n) is 2.51. The lowest BCUT2D eigenvalue weighted by Gasteiger charge is -2.20. The molecule has 0 radical (unpaired) electrons. The molecule has 0 bridgehead atoms. The molecule has 1 aromatic carbocycles. The summed E-state index contributed by atoms with van der Waals surface area (Å²) in [6.45, 7) is 3.12. The van der Waals surface area contributed by atoms with Gasteiger partial charge < -0.3 is 10.0 Å². The minimum Gasteiger partial charge on any atom is -0.396 e. The van der Waals surface area contributed by atoms with Crippen LogP contribution >= 0.6 is 11.8 Å². The van der Waals surface area contributed by atoms with Crippen LogP contribution in [-0.2, 0) is 4.79 Å². The van der Waals surface area contributed by atoms with Crippen molar-refractivity contribution in [1.82, 2.24) is 4.90 Å². The Morgan fingerprint density at radius 2 is 2.17 bits per heavy atom. The number of carbonyl (C=O) groups excluding carboxylic acids is 1. The van der Waals surface area contributed by atoms with Crippen molar-refractivity contribution in [3.63, 3.8) is 0 Å². The number of amides is 1. The van der Waals surface area contributed by atoms with Crippen LogP contribution < -0.4 is 0 Å². The Morgan fingerprint density at radius 3 is 2.78 bits per heavy atom. The zero-order valence-electron chi connectivity index (χ0n) is 10.4. The molecule has 5 heteroatoms. The molecular weight excluding hydrogens is 253 g/mol. The van der Waals surface area contributed by atoms with Crippen molar-refractivity contribution in [2.45, 2.75) is 18.2 Å². The summed E-state index contributed by atoms with van der Waals surface area (Å²) >= 11 is 1.20. The summed E-state index contributed by atoms with van der Waals surface area (Å²) in [6.07, 6.45) is 0.573. The molecule has 0 saturated carbocycles. The molecule has 0 aliphatic heterocycles. The van der Waals surface area contributed by atoms with Crippen LogP contribution in [0.5, 0.6) is 0 Å². The second-order valence-corrected chi connectivity index (χ2v) is 4.79. The topological polar surface area (TPSA) is 40.5 Å². The van der Waals surface area contributed by atoms with Crippen LogP contribution in [0.25, 0.3) is 0 Å². The average Bonchev–Trinajstić information content (AvgIpc) is 2.38. The van der Waals surface area contributed by atoms with Crippen LogP contribution in [0.15, 0.2) is 29.2 Å². The molecule has 0 unspecified atom stereocenters. The first-order chi connectivity index (χ1) is 8.69. The summed E-state index contributed by atoms with van der Waals surface area (Å²) in [4.78, 5) is 14.0. The molecule has 100 valence electrons. The van der Waals surface area contributed by atoms with E-state index < -0.39 is 0 Å². The zero-order valence-corrected chi connectivity index (χ0v) is 11.3. The van der Waals surface area contributed by atoms with Gasteiger partial charge in [0.1, 0.15) is 5.82 Å². The maximum Gasteiger partial charge on any atom is 0.232 e. The van der Waals surface area contributed by atoms with Gasteiger partial charge in [-0.05, 0) is 25.5 Å². The quantitative estimate of drug-likeness (QED) is 0.773. The Labute approximate surface area is 111 Å². The second kappa shape index (κ2) is 8.11. The molecule has 0 aliphatic carbocycles. The molecule has 1 N–H and O–H groups in total. The molecular formula is C13H18FNO2S. The van der Waals surface area contributed by atoms with Crippen molar-refractivity contribution in [3.8, 4) is 0 Å². The SMILES string of the molecule is CCN(CCCO)C(=O)CSc1ccccc1F. The van der Waals surface area contributed by atoms with E-state index in [0.29, 0.717) is 24.4 Å². The van der Waals surface area contributed by atoms with Gasteiger partial charge >= 0.3 is 0 Å². The number of carbonyl (C=O) groups is 1. The van der Waals surface area contributed by atoms with E-state index in [0.717, 1.165) is 0 Å². The van der Waals surface area contributed by atoms with Crippen LogP contribution in [0.1, 0.15) is 13.3 Å². The van der Waals surface area contributed by atoms with E-state index in [-0.39, 0.29) is 24.1 Å². The number of rotatable bonds is 7. The molecule has 0 saturated heterocycles. The van der Waals surface area contributed by atoms with E-state index in [1.54, 1.807) is 23.1 Å². The molecule has 1 amide bonds. The van der Waals surface area contributed by atoms with Crippen molar-refractivity contribution < 1.29 is 14.3 Å². The molecule has 0 heterocycles. The van der Waals surface area contributed by atoms with Crippen molar-refractivity contribution in [2.75, 3.05) is 25.4 Å². The van der Waals surface area contributed by atoms with Crippen molar-refractivity contribution >= 4 is 17.7 Å². The molecule has 0 fully saturated rings. The van der Waals surface area contributed by atoms with Gasteiger partial charge in [0, 0.05) is 24.6 Å². The van der Waals surface area contributed by atoms with E-state index in [9.17, 15) is 9.18 Å². The molecule has 1 rings (SSSR count). The predicted octanol–water partition coefficient (Wildman–Crippen LogP) is 2.15. The first-order valence-corrected chi connectivity index (χ1v) is 6.93. The fraction of sp³-hybridized carbons (Fsp3) is 0.462. The number of halogens is 1. The van der Waals surface area contributed by atoms with E-state index in [1.165, 1.54) is 17.8 Å². The summed E-state index contributed by atoms with van der Waals surface area (Å²) in [5.41, 5.74) is 0. The van der Waals surface area contributed by atoms with Crippen LogP contribution in [0.2, 0.25) is 0 Å². The van der Waals surface area contributed by atoms with E-state index in [4.69, 9.17) is 5.11 Å². The minimum absolute atomic E-state index is 0.0285. The van der Waals surface area contributed by atoms with Crippen LogP contribution in [-0.4, -0.2) is 41.4 Å². The van der Waals surface area contributed by atoms with Crippen LogP contribution in [0.4, 0.5) is 4.39 Å². The van der Waals surface area contributed by atoms with Crippen molar-refractivity contribution in [1.29, 1.82) is 0 Å². The van der Waals surface area contributed by atoms with Crippen molar-refractivity contribution in [3.05, 3.63) is 30.1 Å². The number of benzene rings is 1. The number of thioether (sulfide) groups is 1. The molecule has 0 aliphatic rings. The van der Waals surface area contributed by atoms with Gasteiger partial charge in [-0.25, -0.2) is 4.39 Å². The summed E-state index contributed by atoms with van der Waals surface area (Å²) in [5.74, 6) is -0.104. The summed E-state index contributed by atoms with van der Waals surface area (Å²) in [5, 5.41) is 8.74. The summed E-state index contributed by atoms with van der Waals surface area (Å²) in [7, 11) is 0. The standard InChI is InChI=1S/C13H18FNO2S/c1-2-15(8-5-9-16)13(17)10-18-12-7-4-3-6-11(12)14/h3-4,6-7,16H,2,5,8-10H2,1H3. The lowest BCUT2D eigenvalue weighted by Crippen LogP contribution is -2.33. The highest BCUT2D eigenvalue weighted by molar-refractivity contribution is 8.00. The Balaban J connectivity index is 2.47. The molecule has 0 aromatic heterocycles. The molecule has 3 nitrogen and oxygen atoms in total. The van der Waals surface area contributed by atoms with Gasteiger partial charge in [0.15, 0.2) is 0 Å². The fourth-order valence-electron chi connectivity index (χ4n) is 1.51. The van der Waals surface area contributed by atoms with Gasteiger partial charge in [-0.3, -0.25) is 4.79 Å². The monoisotopic (exact) mass is 271 g/mol. The zero-order chi connectivity index (χ0) is 13.4.